The molecule has 5 rings (SSSR count). The van der Waals surface area contributed by atoms with E-state index in [0.29, 0.717) is 17.3 Å². The standard InChI is InChI=1S/C27H28ClN5O4/c28-20-3-2-19-8-10-33(24(19)16-20)27-22-17-21(4-5-23(22)29-18-30-27)31-25(34)6-7-26(35)37-13-1-9-32-11-14-36-15-12-32/h2-7,16-18H,1,8-15H2,(H,31,34)/b7-6+. The van der Waals surface area contributed by atoms with E-state index in [4.69, 9.17) is 21.1 Å². The number of ether oxygens (including phenoxy) is 2. The van der Waals surface area contributed by atoms with E-state index in [9.17, 15) is 9.59 Å². The van der Waals surface area contributed by atoms with Crippen molar-refractivity contribution in [3.63, 3.8) is 0 Å². The number of carbonyl (C=O) groups is 2. The SMILES string of the molecule is O=C(/C=C/C(=O)OCCCN1CCOCC1)Nc1ccc2ncnc(N3CCc4ccc(Cl)cc43)c2c1. The lowest BCUT2D eigenvalue weighted by Crippen LogP contribution is -2.37. The molecule has 0 spiro atoms. The predicted octanol–water partition coefficient (Wildman–Crippen LogP) is 3.74. The second kappa shape index (κ2) is 11.7. The number of nitrogens with zero attached hydrogens (tertiary/aromatic N) is 4. The summed E-state index contributed by atoms with van der Waals surface area (Å²) in [6.07, 6.45) is 5.48. The van der Waals surface area contributed by atoms with Crippen LogP contribution in [0.15, 0.2) is 54.9 Å². The molecule has 0 aliphatic carbocycles. The number of anilines is 3. The Morgan fingerprint density at radius 2 is 1.95 bits per heavy atom. The van der Waals surface area contributed by atoms with Crippen molar-refractivity contribution in [2.45, 2.75) is 12.8 Å². The van der Waals surface area contributed by atoms with E-state index in [-0.39, 0.29) is 0 Å². The molecule has 0 unspecified atom stereocenters. The zero-order chi connectivity index (χ0) is 25.6. The number of benzene rings is 2. The number of esters is 1. The molecule has 0 atom stereocenters. The van der Waals surface area contributed by atoms with Gasteiger partial charge in [0.15, 0.2) is 0 Å². The van der Waals surface area contributed by atoms with E-state index in [2.05, 4.69) is 25.1 Å². The van der Waals surface area contributed by atoms with Gasteiger partial charge in [0.1, 0.15) is 12.1 Å². The van der Waals surface area contributed by atoms with Gasteiger partial charge in [0, 0.05) is 60.1 Å². The van der Waals surface area contributed by atoms with Gasteiger partial charge in [0.25, 0.3) is 0 Å². The zero-order valence-electron chi connectivity index (χ0n) is 20.4. The monoisotopic (exact) mass is 521 g/mol. The molecule has 1 N–H and O–H groups in total. The summed E-state index contributed by atoms with van der Waals surface area (Å²) in [7, 11) is 0. The van der Waals surface area contributed by atoms with E-state index < -0.39 is 11.9 Å². The number of aromatic nitrogens is 2. The van der Waals surface area contributed by atoms with Crippen molar-refractivity contribution in [2.24, 2.45) is 0 Å². The van der Waals surface area contributed by atoms with Gasteiger partial charge in [-0.2, -0.15) is 0 Å². The Morgan fingerprint density at radius 3 is 2.81 bits per heavy atom. The van der Waals surface area contributed by atoms with Crippen LogP contribution in [0.1, 0.15) is 12.0 Å². The molecule has 3 aromatic rings. The largest absolute Gasteiger partial charge is 0.462 e. The van der Waals surface area contributed by atoms with E-state index in [1.54, 1.807) is 6.07 Å². The molecule has 2 aliphatic rings. The van der Waals surface area contributed by atoms with Gasteiger partial charge in [-0.15, -0.1) is 0 Å². The Labute approximate surface area is 220 Å². The van der Waals surface area contributed by atoms with E-state index in [1.165, 1.54) is 18.0 Å². The lowest BCUT2D eigenvalue weighted by molar-refractivity contribution is -0.138. The maximum Gasteiger partial charge on any atom is 0.330 e. The molecule has 0 saturated carbocycles. The maximum atomic E-state index is 12.5. The van der Waals surface area contributed by atoms with Crippen molar-refractivity contribution in [1.29, 1.82) is 0 Å². The minimum atomic E-state index is -0.544. The molecule has 192 valence electrons. The first kappa shape index (κ1) is 25.1. The molecule has 1 aromatic heterocycles. The van der Waals surface area contributed by atoms with Crippen LogP contribution in [0.25, 0.3) is 10.9 Å². The lowest BCUT2D eigenvalue weighted by atomic mass is 10.1. The van der Waals surface area contributed by atoms with Crippen LogP contribution in [-0.2, 0) is 25.5 Å². The minimum absolute atomic E-state index is 0.306. The van der Waals surface area contributed by atoms with Crippen molar-refractivity contribution in [2.75, 3.05) is 56.2 Å². The van der Waals surface area contributed by atoms with E-state index in [0.717, 1.165) is 80.7 Å². The molecule has 1 amide bonds. The highest BCUT2D eigenvalue weighted by Crippen LogP contribution is 2.38. The highest BCUT2D eigenvalue weighted by atomic mass is 35.5. The number of amides is 1. The average Bonchev–Trinajstić information content (AvgIpc) is 3.33. The molecule has 3 heterocycles. The minimum Gasteiger partial charge on any atom is -0.462 e. The van der Waals surface area contributed by atoms with Crippen molar-refractivity contribution in [1.82, 2.24) is 14.9 Å². The molecule has 0 bridgehead atoms. The highest BCUT2D eigenvalue weighted by Gasteiger charge is 2.23. The van der Waals surface area contributed by atoms with E-state index >= 15 is 0 Å². The van der Waals surface area contributed by atoms with Crippen LogP contribution < -0.4 is 10.2 Å². The third-order valence-corrected chi connectivity index (χ3v) is 6.65. The Hall–Kier alpha value is -3.53. The number of rotatable bonds is 8. The summed E-state index contributed by atoms with van der Waals surface area (Å²) in [5.41, 5.74) is 3.56. The van der Waals surface area contributed by atoms with Crippen molar-refractivity contribution < 1.29 is 19.1 Å². The lowest BCUT2D eigenvalue weighted by Gasteiger charge is -2.26. The molecular weight excluding hydrogens is 494 g/mol. The van der Waals surface area contributed by atoms with Crippen LogP contribution >= 0.6 is 11.6 Å². The topological polar surface area (TPSA) is 96.9 Å². The summed E-state index contributed by atoms with van der Waals surface area (Å²) < 4.78 is 10.5. The van der Waals surface area contributed by atoms with Crippen LogP contribution in [0.4, 0.5) is 17.2 Å². The van der Waals surface area contributed by atoms with Crippen LogP contribution in [0.3, 0.4) is 0 Å². The summed E-state index contributed by atoms with van der Waals surface area (Å²) in [5, 5.41) is 4.27. The third-order valence-electron chi connectivity index (χ3n) is 6.42. The van der Waals surface area contributed by atoms with Gasteiger partial charge in [0.05, 0.1) is 25.3 Å². The molecule has 0 radical (unpaired) electrons. The molecular formula is C27H28ClN5O4. The van der Waals surface area contributed by atoms with Gasteiger partial charge in [-0.25, -0.2) is 14.8 Å². The van der Waals surface area contributed by atoms with Crippen molar-refractivity contribution >= 4 is 51.6 Å². The molecule has 1 saturated heterocycles. The molecule has 2 aromatic carbocycles. The first-order chi connectivity index (χ1) is 18.1. The Balaban J connectivity index is 1.19. The second-order valence-electron chi connectivity index (χ2n) is 8.90. The summed E-state index contributed by atoms with van der Waals surface area (Å²) in [4.78, 5) is 37.7. The number of carbonyl (C=O) groups excluding carboxylic acids is 2. The predicted molar refractivity (Wildman–Crippen MR) is 142 cm³/mol. The van der Waals surface area contributed by atoms with Gasteiger partial charge in [-0.05, 0) is 48.7 Å². The first-order valence-electron chi connectivity index (χ1n) is 12.3. The van der Waals surface area contributed by atoms with Gasteiger partial charge >= 0.3 is 5.97 Å². The summed E-state index contributed by atoms with van der Waals surface area (Å²) in [6.45, 7) is 5.21. The molecule has 9 nitrogen and oxygen atoms in total. The number of fused-ring (bicyclic) bond motifs is 2. The van der Waals surface area contributed by atoms with Gasteiger partial charge < -0.3 is 19.7 Å². The smallest absolute Gasteiger partial charge is 0.330 e. The Morgan fingerprint density at radius 1 is 1.08 bits per heavy atom. The maximum absolute atomic E-state index is 12.5. The van der Waals surface area contributed by atoms with Crippen LogP contribution in [0, 0.1) is 0 Å². The van der Waals surface area contributed by atoms with Gasteiger partial charge in [-0.1, -0.05) is 17.7 Å². The number of morpholine rings is 1. The molecule has 10 heteroatoms. The fourth-order valence-corrected chi connectivity index (χ4v) is 4.74. The van der Waals surface area contributed by atoms with Gasteiger partial charge in [0.2, 0.25) is 5.91 Å². The van der Waals surface area contributed by atoms with Gasteiger partial charge in [-0.3, -0.25) is 9.69 Å². The summed E-state index contributed by atoms with van der Waals surface area (Å²) >= 11 is 6.24. The number of hydrogen-bond donors (Lipinski definition) is 1. The first-order valence-corrected chi connectivity index (χ1v) is 12.7. The van der Waals surface area contributed by atoms with Crippen LogP contribution in [0.5, 0.6) is 0 Å². The number of hydrogen-bond acceptors (Lipinski definition) is 8. The normalized spacial score (nSPS) is 15.8. The Bertz CT molecular complexity index is 1330. The molecule has 37 heavy (non-hydrogen) atoms. The number of nitrogens with one attached hydrogen (secondary N) is 1. The van der Waals surface area contributed by atoms with Crippen LogP contribution in [-0.4, -0.2) is 72.7 Å². The van der Waals surface area contributed by atoms with Crippen molar-refractivity contribution in [3.8, 4) is 0 Å². The zero-order valence-corrected chi connectivity index (χ0v) is 21.1. The number of halogens is 1. The third kappa shape index (κ3) is 6.25. The molecule has 2 aliphatic heterocycles. The van der Waals surface area contributed by atoms with Crippen LogP contribution in [0.2, 0.25) is 5.02 Å². The summed E-state index contributed by atoms with van der Waals surface area (Å²) in [6, 6.07) is 11.3. The molecule has 1 fully saturated rings. The van der Waals surface area contributed by atoms with Crippen molar-refractivity contribution in [3.05, 3.63) is 65.5 Å². The highest BCUT2D eigenvalue weighted by molar-refractivity contribution is 6.31. The Kier molecular flexibility index (Phi) is 7.93. The quantitative estimate of drug-likeness (QED) is 0.272. The average molecular weight is 522 g/mol. The fraction of sp³-hybridized carbons (Fsp3) is 0.333. The fourth-order valence-electron chi connectivity index (χ4n) is 4.57. The van der Waals surface area contributed by atoms with E-state index in [1.807, 2.05) is 30.3 Å². The second-order valence-corrected chi connectivity index (χ2v) is 9.34. The summed E-state index contributed by atoms with van der Waals surface area (Å²) in [5.74, 6) is -0.225.